The van der Waals surface area contributed by atoms with E-state index in [9.17, 15) is 14.7 Å². The van der Waals surface area contributed by atoms with Gasteiger partial charge in [0.25, 0.3) is 0 Å². The zero-order valence-corrected chi connectivity index (χ0v) is 9.95. The van der Waals surface area contributed by atoms with Crippen molar-refractivity contribution in [2.24, 2.45) is 35.5 Å². The normalized spacial score (nSPS) is 43.4. The number of hydrogen-bond donors (Lipinski definition) is 3. The molecule has 1 amide bonds. The van der Waals surface area contributed by atoms with Crippen LogP contribution in [0.4, 0.5) is 0 Å². The van der Waals surface area contributed by atoms with Crippen LogP contribution >= 0.6 is 0 Å². The van der Waals surface area contributed by atoms with E-state index >= 15 is 0 Å². The van der Waals surface area contributed by atoms with Crippen molar-refractivity contribution in [1.29, 1.82) is 0 Å². The fourth-order valence-electron chi connectivity index (χ4n) is 3.87. The number of rotatable bonds is 4. The number of carbonyl (C=O) groups excluding carboxylic acids is 1. The second-order valence-corrected chi connectivity index (χ2v) is 5.51. The van der Waals surface area contributed by atoms with E-state index in [2.05, 4.69) is 5.32 Å². The summed E-state index contributed by atoms with van der Waals surface area (Å²) in [5.41, 5.74) is 0. The van der Waals surface area contributed by atoms with Crippen LogP contribution in [-0.2, 0) is 9.59 Å². The minimum absolute atomic E-state index is 0.0161. The van der Waals surface area contributed by atoms with Crippen molar-refractivity contribution in [2.45, 2.75) is 6.42 Å². The first-order valence-corrected chi connectivity index (χ1v) is 6.45. The van der Waals surface area contributed by atoms with Gasteiger partial charge >= 0.3 is 5.97 Å². The number of carboxylic acids is 1. The van der Waals surface area contributed by atoms with Gasteiger partial charge in [-0.05, 0) is 30.1 Å². The summed E-state index contributed by atoms with van der Waals surface area (Å²) >= 11 is 0. The van der Waals surface area contributed by atoms with Crippen molar-refractivity contribution >= 4 is 11.9 Å². The molecule has 6 atom stereocenters. The highest BCUT2D eigenvalue weighted by atomic mass is 16.4. The average Bonchev–Trinajstić information content (AvgIpc) is 3.16. The maximum atomic E-state index is 12.1. The minimum Gasteiger partial charge on any atom is -0.481 e. The highest BCUT2D eigenvalue weighted by Crippen LogP contribution is 2.63. The smallest absolute Gasteiger partial charge is 0.307 e. The van der Waals surface area contributed by atoms with Gasteiger partial charge in [-0.3, -0.25) is 9.59 Å². The number of carbonyl (C=O) groups is 2. The molecule has 98 valence electrons. The number of aliphatic hydroxyl groups excluding tert-OH is 1. The molecular weight excluding hydrogens is 234 g/mol. The van der Waals surface area contributed by atoms with E-state index in [1.807, 2.05) is 12.2 Å². The topological polar surface area (TPSA) is 86.6 Å². The Balaban J connectivity index is 1.84. The third kappa shape index (κ3) is 1.57. The van der Waals surface area contributed by atoms with Gasteiger partial charge in [0.05, 0.1) is 18.4 Å². The standard InChI is InChI=1S/C13H17NO4/c15-4-3-14-12(16)10-6-1-2-7(9-5-8(6)9)11(10)13(17)18/h1-2,6-11,15H,3-5H2,(H,14,16)(H,17,18)/t6-,7-,8-,9+,10-,11+/m0/s1. The summed E-state index contributed by atoms with van der Waals surface area (Å²) in [6.45, 7) is 0.0725. The van der Waals surface area contributed by atoms with Gasteiger partial charge in [-0.25, -0.2) is 0 Å². The SMILES string of the molecule is O=C(O)[C@@H]1[C@H]2C=C[C@@H]([C@@H]3C[C@H]23)[C@@H]1C(=O)NCCO. The Bertz CT molecular complexity index is 419. The summed E-state index contributed by atoms with van der Waals surface area (Å²) in [7, 11) is 0. The summed E-state index contributed by atoms with van der Waals surface area (Å²) in [5, 5.41) is 20.7. The molecule has 2 fully saturated rings. The summed E-state index contributed by atoms with van der Waals surface area (Å²) in [6, 6.07) is 0. The molecule has 4 rings (SSSR count). The zero-order valence-electron chi connectivity index (χ0n) is 9.95. The molecule has 0 heterocycles. The fraction of sp³-hybridized carbons (Fsp3) is 0.692. The second-order valence-electron chi connectivity index (χ2n) is 5.51. The Kier molecular flexibility index (Phi) is 2.66. The predicted molar refractivity (Wildman–Crippen MR) is 62.4 cm³/mol. The van der Waals surface area contributed by atoms with E-state index in [4.69, 9.17) is 5.11 Å². The number of fused-ring (bicyclic) bond motifs is 1. The molecule has 18 heavy (non-hydrogen) atoms. The van der Waals surface area contributed by atoms with Crippen molar-refractivity contribution in [3.8, 4) is 0 Å². The highest BCUT2D eigenvalue weighted by molar-refractivity contribution is 5.86. The van der Waals surface area contributed by atoms with E-state index in [1.165, 1.54) is 0 Å². The molecule has 0 saturated heterocycles. The molecule has 0 spiro atoms. The van der Waals surface area contributed by atoms with Crippen LogP contribution in [0.15, 0.2) is 12.2 Å². The molecule has 0 aromatic rings. The number of hydrogen-bond acceptors (Lipinski definition) is 3. The number of allylic oxidation sites excluding steroid dienone is 2. The Labute approximate surface area is 105 Å². The van der Waals surface area contributed by atoms with Crippen LogP contribution < -0.4 is 5.32 Å². The predicted octanol–water partition coefficient (Wildman–Crippen LogP) is -0.136. The van der Waals surface area contributed by atoms with E-state index < -0.39 is 17.8 Å². The molecule has 5 heteroatoms. The molecule has 0 radical (unpaired) electrons. The Morgan fingerprint density at radius 1 is 1.17 bits per heavy atom. The quantitative estimate of drug-likeness (QED) is 0.607. The Morgan fingerprint density at radius 2 is 1.78 bits per heavy atom. The fourth-order valence-corrected chi connectivity index (χ4v) is 3.87. The first-order chi connectivity index (χ1) is 8.65. The van der Waals surface area contributed by atoms with Crippen molar-refractivity contribution in [1.82, 2.24) is 5.32 Å². The van der Waals surface area contributed by atoms with Crippen LogP contribution in [0.2, 0.25) is 0 Å². The maximum absolute atomic E-state index is 12.1. The molecule has 0 aliphatic heterocycles. The Morgan fingerprint density at radius 3 is 2.33 bits per heavy atom. The number of aliphatic hydroxyl groups is 1. The van der Waals surface area contributed by atoms with E-state index in [1.54, 1.807) is 0 Å². The van der Waals surface area contributed by atoms with Crippen LogP contribution in [-0.4, -0.2) is 35.2 Å². The lowest BCUT2D eigenvalue weighted by atomic mass is 9.62. The first-order valence-electron chi connectivity index (χ1n) is 6.45. The number of amides is 1. The lowest BCUT2D eigenvalue weighted by Gasteiger charge is -2.41. The van der Waals surface area contributed by atoms with Crippen LogP contribution in [0.25, 0.3) is 0 Å². The van der Waals surface area contributed by atoms with Gasteiger partial charge in [-0.15, -0.1) is 0 Å². The zero-order chi connectivity index (χ0) is 12.9. The number of nitrogens with one attached hydrogen (secondary N) is 1. The summed E-state index contributed by atoms with van der Waals surface area (Å²) in [4.78, 5) is 23.5. The van der Waals surface area contributed by atoms with Gasteiger partial charge in [-0.2, -0.15) is 0 Å². The molecule has 4 aliphatic carbocycles. The molecule has 0 aromatic carbocycles. The van der Waals surface area contributed by atoms with Crippen molar-refractivity contribution in [3.63, 3.8) is 0 Å². The first kappa shape index (κ1) is 11.7. The van der Waals surface area contributed by atoms with Crippen molar-refractivity contribution in [2.75, 3.05) is 13.2 Å². The summed E-state index contributed by atoms with van der Waals surface area (Å²) in [6.07, 6.45) is 5.07. The molecule has 2 bridgehead atoms. The Hall–Kier alpha value is -1.36. The highest BCUT2D eigenvalue weighted by Gasteiger charge is 2.62. The van der Waals surface area contributed by atoms with Crippen molar-refractivity contribution < 1.29 is 19.8 Å². The van der Waals surface area contributed by atoms with Crippen LogP contribution in [0.5, 0.6) is 0 Å². The van der Waals surface area contributed by atoms with Gasteiger partial charge in [0.1, 0.15) is 0 Å². The molecule has 5 nitrogen and oxygen atoms in total. The third-order valence-corrected chi connectivity index (χ3v) is 4.65. The molecule has 2 saturated carbocycles. The average molecular weight is 251 g/mol. The lowest BCUT2D eigenvalue weighted by molar-refractivity contribution is -0.153. The van der Waals surface area contributed by atoms with Gasteiger partial charge in [0.15, 0.2) is 0 Å². The minimum atomic E-state index is -0.871. The van der Waals surface area contributed by atoms with Gasteiger partial charge in [-0.1, -0.05) is 12.2 Å². The van der Waals surface area contributed by atoms with Crippen LogP contribution in [0, 0.1) is 35.5 Å². The monoisotopic (exact) mass is 251 g/mol. The lowest BCUT2D eigenvalue weighted by Crippen LogP contribution is -2.50. The van der Waals surface area contributed by atoms with Gasteiger partial charge < -0.3 is 15.5 Å². The van der Waals surface area contributed by atoms with Crippen LogP contribution in [0.1, 0.15) is 6.42 Å². The molecule has 3 N–H and O–H groups in total. The van der Waals surface area contributed by atoms with Crippen molar-refractivity contribution in [3.05, 3.63) is 12.2 Å². The van der Waals surface area contributed by atoms with E-state index in [-0.39, 0.29) is 30.9 Å². The van der Waals surface area contributed by atoms with E-state index in [0.717, 1.165) is 6.42 Å². The van der Waals surface area contributed by atoms with Gasteiger partial charge in [0.2, 0.25) is 5.91 Å². The molecule has 4 aliphatic rings. The number of aliphatic carboxylic acids is 1. The molecular formula is C13H17NO4. The third-order valence-electron chi connectivity index (χ3n) is 4.65. The number of carboxylic acid groups (broad SMARTS) is 1. The maximum Gasteiger partial charge on any atom is 0.307 e. The molecule has 0 aromatic heterocycles. The van der Waals surface area contributed by atoms with Crippen LogP contribution in [0.3, 0.4) is 0 Å². The second kappa shape index (κ2) is 4.09. The van der Waals surface area contributed by atoms with Gasteiger partial charge in [0, 0.05) is 6.54 Å². The molecule has 0 unspecified atom stereocenters. The van der Waals surface area contributed by atoms with E-state index in [0.29, 0.717) is 11.8 Å². The summed E-state index contributed by atoms with van der Waals surface area (Å²) in [5.74, 6) is -1.09. The summed E-state index contributed by atoms with van der Waals surface area (Å²) < 4.78 is 0. The largest absolute Gasteiger partial charge is 0.481 e.